The van der Waals surface area contributed by atoms with Crippen molar-refractivity contribution < 1.29 is 10.3 Å². The first kappa shape index (κ1) is 5.89. The maximum Gasteiger partial charge on any atom is 0.153 e. The van der Waals surface area contributed by atoms with Gasteiger partial charge in [0, 0.05) is 6.07 Å². The second-order valence-electron chi connectivity index (χ2n) is 2.38. The van der Waals surface area contributed by atoms with Crippen LogP contribution in [-0.4, -0.2) is 5.16 Å². The highest BCUT2D eigenvalue weighted by Crippen LogP contribution is 2.26. The quantitative estimate of drug-likeness (QED) is 0.636. The Morgan fingerprint density at radius 2 is 2.70 bits per heavy atom. The number of alkyl halides is 1. The van der Waals surface area contributed by atoms with Gasteiger partial charge in [-0.15, -0.1) is 0 Å². The molecule has 0 aliphatic rings. The van der Waals surface area contributed by atoms with Crippen LogP contribution in [-0.2, 0) is 5.67 Å². The minimum atomic E-state index is -1.47. The maximum absolute atomic E-state index is 13.4. The van der Waals surface area contributed by atoms with Gasteiger partial charge in [-0.2, -0.15) is 0 Å². The van der Waals surface area contributed by atoms with Gasteiger partial charge in [0.1, 0.15) is 13.3 Å². The molecule has 1 aromatic rings. The predicted molar refractivity (Wildman–Crippen MR) is 35.3 cm³/mol. The molecule has 0 spiro atoms. The van der Waals surface area contributed by atoms with Gasteiger partial charge in [0.2, 0.25) is 0 Å². The molecule has 0 unspecified atom stereocenters. The molecule has 0 saturated heterocycles. The number of halogens is 1. The molecule has 1 atom stereocenters. The van der Waals surface area contributed by atoms with Gasteiger partial charge in [-0.25, -0.2) is 4.39 Å². The van der Waals surface area contributed by atoms with Crippen molar-refractivity contribution in [1.29, 1.82) is 0 Å². The van der Waals surface area contributed by atoms with Crippen LogP contribution in [0.3, 0.4) is 0 Å². The van der Waals surface area contributed by atoms with E-state index in [2.05, 4.69) is 9.68 Å². The van der Waals surface area contributed by atoms with Crippen molar-refractivity contribution in [3.05, 3.63) is 18.0 Å². The summed E-state index contributed by atoms with van der Waals surface area (Å²) in [4.78, 5) is 0. The highest BCUT2D eigenvalue weighted by molar-refractivity contribution is 5.06. The Balaban J connectivity index is 2.92. The van der Waals surface area contributed by atoms with Crippen LogP contribution in [0.4, 0.5) is 4.39 Å². The fourth-order valence-corrected chi connectivity index (χ4v) is 0.611. The van der Waals surface area contributed by atoms with Gasteiger partial charge in [-0.3, -0.25) is 0 Å². The zero-order valence-corrected chi connectivity index (χ0v) is 6.02. The number of rotatable bonds is 2. The van der Waals surface area contributed by atoms with Crippen molar-refractivity contribution in [2.75, 3.05) is 0 Å². The highest BCUT2D eigenvalue weighted by atomic mass is 19.1. The fraction of sp³-hybridized carbons (Fsp3) is 0.571. The fourth-order valence-electron chi connectivity index (χ4n) is 0.611. The van der Waals surface area contributed by atoms with Crippen LogP contribution in [0.5, 0.6) is 0 Å². The predicted octanol–water partition coefficient (Wildman–Crippen LogP) is 2.27. The van der Waals surface area contributed by atoms with Crippen molar-refractivity contribution in [3.63, 3.8) is 0 Å². The van der Waals surface area contributed by atoms with E-state index in [1.54, 1.807) is 6.92 Å². The molecule has 0 fully saturated rings. The summed E-state index contributed by atoms with van der Waals surface area (Å²) in [5.74, 6) is 0. The number of aromatic nitrogens is 1. The minimum absolute atomic E-state index is 0.0997. The zero-order valence-electron chi connectivity index (χ0n) is 7.02. The van der Waals surface area contributed by atoms with Crippen molar-refractivity contribution in [2.45, 2.75) is 25.9 Å². The summed E-state index contributed by atoms with van der Waals surface area (Å²) in [6.45, 7) is 3.14. The zero-order chi connectivity index (χ0) is 8.48. The molecule has 0 bridgehead atoms. The summed E-state index contributed by atoms with van der Waals surface area (Å²) >= 11 is 0. The summed E-state index contributed by atoms with van der Waals surface area (Å²) in [6.07, 6.45) is 0.233. The van der Waals surface area contributed by atoms with Crippen LogP contribution in [0.2, 0.25) is 0 Å². The Bertz CT molecular complexity index is 246. The highest BCUT2D eigenvalue weighted by Gasteiger charge is 2.25. The molecule has 10 heavy (non-hydrogen) atoms. The first-order chi connectivity index (χ1) is 5.06. The molecular formula is C7H10FNO. The molecule has 2 nitrogen and oxygen atoms in total. The molecule has 56 valence electrons. The molecule has 0 radical (unpaired) electrons. The average Bonchev–Trinajstić information content (AvgIpc) is 2.36. The van der Waals surface area contributed by atoms with Gasteiger partial charge in [-0.05, 0) is 13.3 Å². The molecule has 0 saturated carbocycles. The van der Waals surface area contributed by atoms with Crippen molar-refractivity contribution in [1.82, 2.24) is 5.16 Å². The lowest BCUT2D eigenvalue weighted by Gasteiger charge is -2.12. The topological polar surface area (TPSA) is 26.0 Å². The lowest BCUT2D eigenvalue weighted by molar-refractivity contribution is 0.171. The Morgan fingerprint density at radius 1 is 2.00 bits per heavy atom. The largest absolute Gasteiger partial charge is 0.364 e. The first-order valence-electron chi connectivity index (χ1n) is 3.69. The summed E-state index contributed by atoms with van der Waals surface area (Å²) in [6, 6.07) is 1.30. The Kier molecular flexibility index (Phi) is 1.42. The van der Waals surface area contributed by atoms with E-state index >= 15 is 0 Å². The van der Waals surface area contributed by atoms with Crippen LogP contribution in [0.25, 0.3) is 0 Å². The van der Waals surface area contributed by atoms with E-state index in [9.17, 15) is 4.39 Å². The number of hydrogen-bond acceptors (Lipinski definition) is 2. The van der Waals surface area contributed by atoms with Gasteiger partial charge in [0.25, 0.3) is 0 Å². The smallest absolute Gasteiger partial charge is 0.153 e. The lowest BCUT2D eigenvalue weighted by Crippen LogP contribution is -2.13. The third-order valence-electron chi connectivity index (χ3n) is 1.59. The van der Waals surface area contributed by atoms with Gasteiger partial charge >= 0.3 is 0 Å². The summed E-state index contributed by atoms with van der Waals surface area (Å²) in [5.41, 5.74) is -1.27. The molecule has 0 aliphatic heterocycles. The normalized spacial score (nSPS) is 18.1. The SMILES string of the molecule is [2H]c1cc([C@](C)(F)CC)no1. The summed E-state index contributed by atoms with van der Waals surface area (Å²) in [5, 5.41) is 3.42. The van der Waals surface area contributed by atoms with Crippen LogP contribution in [0.15, 0.2) is 16.8 Å². The van der Waals surface area contributed by atoms with Crippen molar-refractivity contribution >= 4 is 0 Å². The van der Waals surface area contributed by atoms with E-state index in [1.165, 1.54) is 13.0 Å². The van der Waals surface area contributed by atoms with Gasteiger partial charge in [0.05, 0.1) is 0 Å². The third-order valence-corrected chi connectivity index (χ3v) is 1.59. The average molecular weight is 144 g/mol. The Hall–Kier alpha value is -0.860. The molecule has 1 aromatic heterocycles. The van der Waals surface area contributed by atoms with Crippen LogP contribution >= 0.6 is 0 Å². The van der Waals surface area contributed by atoms with Gasteiger partial charge in [0.15, 0.2) is 5.67 Å². The lowest BCUT2D eigenvalue weighted by atomic mass is 10.0. The molecule has 0 N–H and O–H groups in total. The van der Waals surface area contributed by atoms with E-state index in [0.29, 0.717) is 6.42 Å². The van der Waals surface area contributed by atoms with Crippen molar-refractivity contribution in [2.24, 2.45) is 0 Å². The van der Waals surface area contributed by atoms with Crippen LogP contribution in [0, 0.1) is 0 Å². The van der Waals surface area contributed by atoms with E-state index in [-0.39, 0.29) is 11.9 Å². The minimum Gasteiger partial charge on any atom is -0.364 e. The number of hydrogen-bond donors (Lipinski definition) is 0. The molecule has 0 aromatic carbocycles. The summed E-state index contributed by atoms with van der Waals surface area (Å²) < 4.78 is 24.8. The molecule has 1 heterocycles. The second-order valence-corrected chi connectivity index (χ2v) is 2.38. The summed E-state index contributed by atoms with van der Waals surface area (Å²) in [7, 11) is 0. The maximum atomic E-state index is 13.4. The first-order valence-corrected chi connectivity index (χ1v) is 3.19. The standard InChI is InChI=1S/C7H10FNO/c1-3-7(2,8)6-4-5-10-9-6/h4-5H,3H2,1-2H3/t7-/m1/s1/i5D. The molecule has 3 heteroatoms. The molecule has 0 amide bonds. The van der Waals surface area contributed by atoms with E-state index in [0.717, 1.165) is 0 Å². The van der Waals surface area contributed by atoms with E-state index in [4.69, 9.17) is 1.37 Å². The monoisotopic (exact) mass is 144 g/mol. The van der Waals surface area contributed by atoms with E-state index < -0.39 is 5.67 Å². The van der Waals surface area contributed by atoms with Crippen LogP contribution < -0.4 is 0 Å². The number of nitrogens with zero attached hydrogens (tertiary/aromatic N) is 1. The van der Waals surface area contributed by atoms with Crippen molar-refractivity contribution in [3.8, 4) is 0 Å². The van der Waals surface area contributed by atoms with Gasteiger partial charge in [-0.1, -0.05) is 12.1 Å². The Morgan fingerprint density at radius 3 is 3.10 bits per heavy atom. The van der Waals surface area contributed by atoms with E-state index in [1.807, 2.05) is 0 Å². The third kappa shape index (κ3) is 1.17. The Labute approximate surface area is 60.4 Å². The molecule has 1 rings (SSSR count). The molecule has 0 aliphatic carbocycles. The molecular weight excluding hydrogens is 133 g/mol. The second kappa shape index (κ2) is 2.40. The van der Waals surface area contributed by atoms with Crippen LogP contribution in [0.1, 0.15) is 27.3 Å². The van der Waals surface area contributed by atoms with Gasteiger partial charge < -0.3 is 4.52 Å².